The molecule has 21 heavy (non-hydrogen) atoms. The number of aryl methyl sites for hydroxylation is 1. The van der Waals surface area contributed by atoms with E-state index in [1.54, 1.807) is 6.07 Å². The smallest absolute Gasteiger partial charge is 0.312 e. The van der Waals surface area contributed by atoms with Crippen molar-refractivity contribution in [2.75, 3.05) is 26.2 Å². The first-order chi connectivity index (χ1) is 9.83. The molecular weight excluding hydrogens is 284 g/mol. The fourth-order valence-electron chi connectivity index (χ4n) is 2.75. The van der Waals surface area contributed by atoms with E-state index in [1.807, 2.05) is 6.92 Å². The lowest BCUT2D eigenvalue weighted by Gasteiger charge is -2.18. The van der Waals surface area contributed by atoms with Crippen molar-refractivity contribution in [1.82, 2.24) is 10.2 Å². The van der Waals surface area contributed by atoms with Gasteiger partial charge in [0.1, 0.15) is 5.82 Å². The van der Waals surface area contributed by atoms with E-state index in [0.29, 0.717) is 26.2 Å². The maximum atomic E-state index is 13.0. The molecule has 1 aromatic carbocycles. The third-order valence-corrected chi connectivity index (χ3v) is 3.83. The highest BCUT2D eigenvalue weighted by atomic mass is 19.4. The van der Waals surface area contributed by atoms with Crippen molar-refractivity contribution in [3.05, 3.63) is 35.1 Å². The zero-order chi connectivity index (χ0) is 15.5. The van der Waals surface area contributed by atoms with Gasteiger partial charge in [-0.2, -0.15) is 13.2 Å². The molecule has 6 heteroatoms. The molecule has 1 aliphatic rings. The van der Waals surface area contributed by atoms with Crippen LogP contribution in [0.4, 0.5) is 17.6 Å². The van der Waals surface area contributed by atoms with E-state index in [-0.39, 0.29) is 11.7 Å². The zero-order valence-electron chi connectivity index (χ0n) is 12.0. The predicted octanol–water partition coefficient (Wildman–Crippen LogP) is 3.11. The molecule has 118 valence electrons. The largest absolute Gasteiger partial charge is 0.401 e. The summed E-state index contributed by atoms with van der Waals surface area (Å²) in [5.74, 6) is -0.0112. The average Bonchev–Trinajstić information content (AvgIpc) is 2.77. The number of nitrogens with one attached hydrogen (secondary N) is 1. The van der Waals surface area contributed by atoms with E-state index in [4.69, 9.17) is 0 Å². The summed E-state index contributed by atoms with van der Waals surface area (Å²) in [5.41, 5.74) is 1.90. The van der Waals surface area contributed by atoms with Crippen molar-refractivity contribution in [1.29, 1.82) is 0 Å². The highest BCUT2D eigenvalue weighted by Crippen LogP contribution is 2.22. The Bertz CT molecular complexity index is 473. The molecule has 0 aromatic heterocycles. The van der Waals surface area contributed by atoms with Crippen LogP contribution in [0.5, 0.6) is 0 Å². The first kappa shape index (κ1) is 16.2. The predicted molar refractivity (Wildman–Crippen MR) is 73.4 cm³/mol. The lowest BCUT2D eigenvalue weighted by molar-refractivity contribution is -0.143. The van der Waals surface area contributed by atoms with Crippen LogP contribution in [0, 0.1) is 18.7 Å². The number of hydrogen-bond donors (Lipinski definition) is 1. The van der Waals surface area contributed by atoms with Crippen LogP contribution in [0.25, 0.3) is 0 Å². The summed E-state index contributed by atoms with van der Waals surface area (Å²) >= 11 is 0. The van der Waals surface area contributed by atoms with Crippen LogP contribution >= 0.6 is 0 Å². The lowest BCUT2D eigenvalue weighted by Crippen LogP contribution is -2.33. The maximum Gasteiger partial charge on any atom is 0.401 e. The summed E-state index contributed by atoms with van der Waals surface area (Å²) in [4.78, 5) is 1.45. The van der Waals surface area contributed by atoms with Crippen LogP contribution < -0.4 is 5.32 Å². The van der Waals surface area contributed by atoms with Crippen LogP contribution in [0.3, 0.4) is 0 Å². The van der Waals surface area contributed by atoms with Crippen LogP contribution in [0.2, 0.25) is 0 Å². The fraction of sp³-hybridized carbons (Fsp3) is 0.600. The van der Waals surface area contributed by atoms with Crippen LogP contribution in [0.1, 0.15) is 17.5 Å². The Kier molecular flexibility index (Phi) is 5.22. The summed E-state index contributed by atoms with van der Waals surface area (Å²) in [5, 5.41) is 3.26. The standard InChI is InChI=1S/C15H20F4N2/c1-11-6-14(16)3-2-13(11)8-20-7-12-4-5-21(9-12)10-15(17,18)19/h2-3,6,12,20H,4-5,7-10H2,1H3. The number of nitrogens with zero attached hydrogens (tertiary/aromatic N) is 1. The second kappa shape index (κ2) is 6.75. The van der Waals surface area contributed by atoms with E-state index in [2.05, 4.69) is 5.32 Å². The molecular formula is C15H20F4N2. The Morgan fingerprint density at radius 3 is 2.76 bits per heavy atom. The molecule has 1 aromatic rings. The first-order valence-electron chi connectivity index (χ1n) is 7.08. The van der Waals surface area contributed by atoms with Gasteiger partial charge in [-0.1, -0.05) is 6.07 Å². The normalized spacial score (nSPS) is 20.1. The van der Waals surface area contributed by atoms with Gasteiger partial charge < -0.3 is 5.32 Å². The highest BCUT2D eigenvalue weighted by Gasteiger charge is 2.34. The topological polar surface area (TPSA) is 15.3 Å². The van der Waals surface area contributed by atoms with E-state index in [9.17, 15) is 17.6 Å². The number of halogens is 4. The number of likely N-dealkylation sites (tertiary alicyclic amines) is 1. The maximum absolute atomic E-state index is 13.0. The second-order valence-corrected chi connectivity index (χ2v) is 5.71. The summed E-state index contributed by atoms with van der Waals surface area (Å²) < 4.78 is 49.9. The van der Waals surface area contributed by atoms with Crippen LogP contribution in [-0.4, -0.2) is 37.3 Å². The molecule has 1 heterocycles. The van der Waals surface area contributed by atoms with Gasteiger partial charge in [-0.25, -0.2) is 4.39 Å². The summed E-state index contributed by atoms with van der Waals surface area (Å²) in [7, 11) is 0. The van der Waals surface area contributed by atoms with Gasteiger partial charge in [-0.15, -0.1) is 0 Å². The molecule has 1 atom stereocenters. The average molecular weight is 304 g/mol. The molecule has 1 fully saturated rings. The molecule has 0 bridgehead atoms. The molecule has 0 aliphatic carbocycles. The van der Waals surface area contributed by atoms with Gasteiger partial charge >= 0.3 is 6.18 Å². The minimum absolute atomic E-state index is 0.244. The van der Waals surface area contributed by atoms with E-state index >= 15 is 0 Å². The van der Waals surface area contributed by atoms with Crippen molar-refractivity contribution in [3.63, 3.8) is 0 Å². The Hall–Kier alpha value is -1.14. The Labute approximate surface area is 122 Å². The molecule has 0 spiro atoms. The second-order valence-electron chi connectivity index (χ2n) is 5.71. The number of rotatable bonds is 5. The molecule has 1 N–H and O–H groups in total. The Balaban J connectivity index is 1.72. The summed E-state index contributed by atoms with van der Waals surface area (Å²) in [6.45, 7) is 3.31. The summed E-state index contributed by atoms with van der Waals surface area (Å²) in [6, 6.07) is 4.64. The SMILES string of the molecule is Cc1cc(F)ccc1CNCC1CCN(CC(F)(F)F)C1. The van der Waals surface area contributed by atoms with Gasteiger partial charge in [0, 0.05) is 13.1 Å². The van der Waals surface area contributed by atoms with Crippen molar-refractivity contribution >= 4 is 0 Å². The number of hydrogen-bond acceptors (Lipinski definition) is 2. The van der Waals surface area contributed by atoms with Crippen molar-refractivity contribution in [2.45, 2.75) is 26.1 Å². The highest BCUT2D eigenvalue weighted by molar-refractivity contribution is 5.26. The quantitative estimate of drug-likeness (QED) is 0.841. The minimum Gasteiger partial charge on any atom is -0.312 e. The Morgan fingerprint density at radius 1 is 1.33 bits per heavy atom. The molecule has 2 nitrogen and oxygen atoms in total. The first-order valence-corrected chi connectivity index (χ1v) is 7.08. The van der Waals surface area contributed by atoms with E-state index in [1.165, 1.54) is 17.0 Å². The number of benzene rings is 1. The third-order valence-electron chi connectivity index (χ3n) is 3.83. The van der Waals surface area contributed by atoms with E-state index in [0.717, 1.165) is 17.5 Å². The van der Waals surface area contributed by atoms with Gasteiger partial charge in [-0.3, -0.25) is 4.90 Å². The number of alkyl halides is 3. The lowest BCUT2D eigenvalue weighted by atomic mass is 10.1. The van der Waals surface area contributed by atoms with Crippen molar-refractivity contribution in [3.8, 4) is 0 Å². The monoisotopic (exact) mass is 304 g/mol. The van der Waals surface area contributed by atoms with Gasteiger partial charge in [0.2, 0.25) is 0 Å². The summed E-state index contributed by atoms with van der Waals surface area (Å²) in [6.07, 6.45) is -3.33. The van der Waals surface area contributed by atoms with Gasteiger partial charge in [-0.05, 0) is 55.6 Å². The molecule has 1 unspecified atom stereocenters. The minimum atomic E-state index is -4.12. The van der Waals surface area contributed by atoms with Crippen molar-refractivity contribution in [2.24, 2.45) is 5.92 Å². The van der Waals surface area contributed by atoms with Crippen LogP contribution in [0.15, 0.2) is 18.2 Å². The molecule has 2 rings (SSSR count). The van der Waals surface area contributed by atoms with Gasteiger partial charge in [0.15, 0.2) is 0 Å². The molecule has 0 saturated carbocycles. The molecule has 0 radical (unpaired) electrons. The Morgan fingerprint density at radius 2 is 2.10 bits per heavy atom. The molecule has 0 amide bonds. The zero-order valence-corrected chi connectivity index (χ0v) is 12.0. The van der Waals surface area contributed by atoms with Crippen molar-refractivity contribution < 1.29 is 17.6 Å². The van der Waals surface area contributed by atoms with Gasteiger partial charge in [0.05, 0.1) is 6.54 Å². The molecule has 1 saturated heterocycles. The van der Waals surface area contributed by atoms with Crippen LogP contribution in [-0.2, 0) is 6.54 Å². The van der Waals surface area contributed by atoms with E-state index < -0.39 is 12.7 Å². The van der Waals surface area contributed by atoms with Gasteiger partial charge in [0.25, 0.3) is 0 Å². The third kappa shape index (κ3) is 5.28. The molecule has 1 aliphatic heterocycles. The fourth-order valence-corrected chi connectivity index (χ4v) is 2.75.